The maximum Gasteiger partial charge on any atom is 0.126 e. The van der Waals surface area contributed by atoms with Gasteiger partial charge in [-0.25, -0.2) is 0 Å². The van der Waals surface area contributed by atoms with Gasteiger partial charge in [0.2, 0.25) is 0 Å². The number of rotatable bonds is 0. The molecule has 2 heteroatoms. The van der Waals surface area contributed by atoms with Crippen LogP contribution in [-0.4, -0.2) is 0 Å². The van der Waals surface area contributed by atoms with Gasteiger partial charge in [0.1, 0.15) is 24.7 Å². The molecule has 3 rings (SSSR count). The fourth-order valence-electron chi connectivity index (χ4n) is 1.84. The zero-order valence-electron chi connectivity index (χ0n) is 8.85. The molecule has 0 atom stereocenters. The van der Waals surface area contributed by atoms with Crippen molar-refractivity contribution >= 4 is 0 Å². The Kier molecular flexibility index (Phi) is 2.26. The number of hydrogen-bond acceptors (Lipinski definition) is 2. The van der Waals surface area contributed by atoms with E-state index in [1.165, 1.54) is 0 Å². The van der Waals surface area contributed by atoms with E-state index in [0.29, 0.717) is 13.2 Å². The second-order valence-electron chi connectivity index (χ2n) is 3.79. The molecule has 0 aliphatic carbocycles. The third-order valence-electron chi connectivity index (χ3n) is 2.71. The molecule has 0 radical (unpaired) electrons. The summed E-state index contributed by atoms with van der Waals surface area (Å²) in [7, 11) is 0. The van der Waals surface area contributed by atoms with Crippen LogP contribution in [-0.2, 0) is 13.2 Å². The Labute approximate surface area is 94.4 Å². The lowest BCUT2D eigenvalue weighted by molar-refractivity contribution is 0.243. The molecular weight excluding hydrogens is 200 g/mol. The summed E-state index contributed by atoms with van der Waals surface area (Å²) >= 11 is 0. The molecule has 2 aromatic rings. The van der Waals surface area contributed by atoms with Crippen LogP contribution in [0.3, 0.4) is 0 Å². The number of fused-ring (bicyclic) bond motifs is 2. The first-order valence-electron chi connectivity index (χ1n) is 5.35. The molecule has 0 unspecified atom stereocenters. The van der Waals surface area contributed by atoms with Gasteiger partial charge in [0.15, 0.2) is 0 Å². The Hall–Kier alpha value is -1.96. The highest BCUT2D eigenvalue weighted by Crippen LogP contribution is 2.27. The van der Waals surface area contributed by atoms with Crippen molar-refractivity contribution in [1.82, 2.24) is 0 Å². The third kappa shape index (κ3) is 1.63. The van der Waals surface area contributed by atoms with Crippen molar-refractivity contribution in [1.29, 1.82) is 0 Å². The normalized spacial score (nSPS) is 13.5. The number of para-hydroxylation sites is 2. The van der Waals surface area contributed by atoms with Crippen molar-refractivity contribution in [3.8, 4) is 11.5 Å². The van der Waals surface area contributed by atoms with Gasteiger partial charge >= 0.3 is 0 Å². The third-order valence-corrected chi connectivity index (χ3v) is 2.71. The number of hydrogen-bond donors (Lipinski definition) is 0. The molecule has 2 aromatic carbocycles. The van der Waals surface area contributed by atoms with Crippen molar-refractivity contribution < 1.29 is 9.47 Å². The SMILES string of the molecule is c1ccc2c(c1)COc1ccccc1CO2. The smallest absolute Gasteiger partial charge is 0.126 e. The van der Waals surface area contributed by atoms with E-state index in [0.717, 1.165) is 22.6 Å². The summed E-state index contributed by atoms with van der Waals surface area (Å²) in [5.74, 6) is 1.83. The fraction of sp³-hybridized carbons (Fsp3) is 0.143. The molecule has 1 heterocycles. The van der Waals surface area contributed by atoms with Crippen molar-refractivity contribution in [3.05, 3.63) is 59.7 Å². The monoisotopic (exact) mass is 212 g/mol. The van der Waals surface area contributed by atoms with Gasteiger partial charge in [-0.05, 0) is 12.1 Å². The Morgan fingerprint density at radius 3 is 1.56 bits per heavy atom. The van der Waals surface area contributed by atoms with E-state index in [9.17, 15) is 0 Å². The molecule has 80 valence electrons. The Bertz CT molecular complexity index is 412. The number of ether oxygens (including phenoxy) is 2. The molecule has 0 amide bonds. The minimum Gasteiger partial charge on any atom is -0.488 e. The zero-order chi connectivity index (χ0) is 10.8. The number of benzene rings is 2. The van der Waals surface area contributed by atoms with Gasteiger partial charge in [-0.3, -0.25) is 0 Å². The molecule has 0 spiro atoms. The molecule has 0 aromatic heterocycles. The van der Waals surface area contributed by atoms with E-state index in [1.807, 2.05) is 48.5 Å². The van der Waals surface area contributed by atoms with Gasteiger partial charge in [-0.15, -0.1) is 0 Å². The molecule has 1 aliphatic heterocycles. The second kappa shape index (κ2) is 3.89. The predicted octanol–water partition coefficient (Wildman–Crippen LogP) is 3.16. The van der Waals surface area contributed by atoms with Crippen LogP contribution in [0.25, 0.3) is 0 Å². The van der Waals surface area contributed by atoms with Gasteiger partial charge in [0, 0.05) is 11.1 Å². The molecule has 0 N–H and O–H groups in total. The molecule has 1 aliphatic rings. The van der Waals surface area contributed by atoms with Crippen LogP contribution in [0.5, 0.6) is 11.5 Å². The maximum absolute atomic E-state index is 5.77. The lowest BCUT2D eigenvalue weighted by atomic mass is 10.1. The summed E-state index contributed by atoms with van der Waals surface area (Å²) in [6.45, 7) is 1.13. The van der Waals surface area contributed by atoms with Crippen LogP contribution in [0.2, 0.25) is 0 Å². The lowest BCUT2D eigenvalue weighted by Crippen LogP contribution is -2.07. The van der Waals surface area contributed by atoms with Gasteiger partial charge in [-0.1, -0.05) is 36.4 Å². The van der Waals surface area contributed by atoms with Gasteiger partial charge in [0.05, 0.1) is 0 Å². The van der Waals surface area contributed by atoms with Crippen LogP contribution >= 0.6 is 0 Å². The summed E-state index contributed by atoms with van der Waals surface area (Å²) in [5, 5.41) is 0. The highest BCUT2D eigenvalue weighted by molar-refractivity contribution is 5.38. The fourth-order valence-corrected chi connectivity index (χ4v) is 1.84. The largest absolute Gasteiger partial charge is 0.488 e. The average molecular weight is 212 g/mol. The Balaban J connectivity index is 1.97. The first kappa shape index (κ1) is 9.28. The van der Waals surface area contributed by atoms with Crippen LogP contribution < -0.4 is 9.47 Å². The molecular formula is C14H12O2. The molecule has 0 saturated heterocycles. The van der Waals surface area contributed by atoms with Crippen LogP contribution in [0, 0.1) is 0 Å². The summed E-state index contributed by atoms with van der Waals surface area (Å²) < 4.78 is 11.5. The van der Waals surface area contributed by atoms with E-state index in [-0.39, 0.29) is 0 Å². The van der Waals surface area contributed by atoms with Crippen molar-refractivity contribution in [2.24, 2.45) is 0 Å². The van der Waals surface area contributed by atoms with Gasteiger partial charge in [0.25, 0.3) is 0 Å². The highest BCUT2D eigenvalue weighted by Gasteiger charge is 2.11. The molecule has 16 heavy (non-hydrogen) atoms. The predicted molar refractivity (Wildman–Crippen MR) is 61.5 cm³/mol. The van der Waals surface area contributed by atoms with Gasteiger partial charge < -0.3 is 9.47 Å². The van der Waals surface area contributed by atoms with Gasteiger partial charge in [-0.2, -0.15) is 0 Å². The second-order valence-corrected chi connectivity index (χ2v) is 3.79. The average Bonchev–Trinajstić information content (AvgIpc) is 2.32. The van der Waals surface area contributed by atoms with Crippen LogP contribution in [0.1, 0.15) is 11.1 Å². The first-order chi connectivity index (χ1) is 7.93. The summed E-state index contributed by atoms with van der Waals surface area (Å²) in [6, 6.07) is 16.0. The quantitative estimate of drug-likeness (QED) is 0.667. The van der Waals surface area contributed by atoms with Crippen LogP contribution in [0.4, 0.5) is 0 Å². The lowest BCUT2D eigenvalue weighted by Gasteiger charge is -2.18. The minimum atomic E-state index is 0.563. The van der Waals surface area contributed by atoms with E-state index >= 15 is 0 Å². The van der Waals surface area contributed by atoms with Crippen molar-refractivity contribution in [2.45, 2.75) is 13.2 Å². The van der Waals surface area contributed by atoms with E-state index in [1.54, 1.807) is 0 Å². The Morgan fingerprint density at radius 1 is 0.625 bits per heavy atom. The van der Waals surface area contributed by atoms with Crippen LogP contribution in [0.15, 0.2) is 48.5 Å². The standard InChI is InChI=1S/C14H12O2/c1-3-7-13-11(5-1)9-15-14-8-4-2-6-12(14)10-16-13/h1-8H,9-10H2. The van der Waals surface area contributed by atoms with E-state index in [2.05, 4.69) is 0 Å². The summed E-state index contributed by atoms with van der Waals surface area (Å²) in [5.41, 5.74) is 2.19. The first-order valence-corrected chi connectivity index (χ1v) is 5.35. The van der Waals surface area contributed by atoms with E-state index in [4.69, 9.17) is 9.47 Å². The molecule has 2 nitrogen and oxygen atoms in total. The Morgan fingerprint density at radius 2 is 1.06 bits per heavy atom. The molecule has 0 saturated carbocycles. The topological polar surface area (TPSA) is 18.5 Å². The van der Waals surface area contributed by atoms with Crippen molar-refractivity contribution in [3.63, 3.8) is 0 Å². The van der Waals surface area contributed by atoms with E-state index < -0.39 is 0 Å². The minimum absolute atomic E-state index is 0.563. The maximum atomic E-state index is 5.77. The summed E-state index contributed by atoms with van der Waals surface area (Å²) in [6.07, 6.45) is 0. The molecule has 0 fully saturated rings. The zero-order valence-corrected chi connectivity index (χ0v) is 8.85. The van der Waals surface area contributed by atoms with Crippen molar-refractivity contribution in [2.75, 3.05) is 0 Å². The molecule has 0 bridgehead atoms. The highest BCUT2D eigenvalue weighted by atomic mass is 16.5. The summed E-state index contributed by atoms with van der Waals surface area (Å²) in [4.78, 5) is 0.